The summed E-state index contributed by atoms with van der Waals surface area (Å²) in [7, 11) is 1.69. The number of methoxy groups -OCH3 is 1. The highest BCUT2D eigenvalue weighted by atomic mass is 16.5. The molecule has 0 spiro atoms. The predicted molar refractivity (Wildman–Crippen MR) is 111 cm³/mol. The Kier molecular flexibility index (Phi) is 3.54. The normalized spacial score (nSPS) is 11.3. The molecule has 3 nitrogen and oxygen atoms in total. The summed E-state index contributed by atoms with van der Waals surface area (Å²) in [6.07, 6.45) is 0. The minimum Gasteiger partial charge on any atom is -0.497 e. The average molecular weight is 350 g/mol. The first-order valence-corrected chi connectivity index (χ1v) is 8.97. The van der Waals surface area contributed by atoms with Crippen molar-refractivity contribution in [2.75, 3.05) is 7.11 Å². The Hall–Kier alpha value is -3.46. The third-order valence-electron chi connectivity index (χ3n) is 5.00. The maximum atomic E-state index is 5.33. The first kappa shape index (κ1) is 15.8. The van der Waals surface area contributed by atoms with E-state index in [1.165, 1.54) is 5.56 Å². The molecular weight excluding hydrogens is 332 g/mol. The van der Waals surface area contributed by atoms with Gasteiger partial charge < -0.3 is 4.74 Å². The lowest BCUT2D eigenvalue weighted by Gasteiger charge is -2.13. The van der Waals surface area contributed by atoms with E-state index in [4.69, 9.17) is 14.7 Å². The topological polar surface area (TPSA) is 35.0 Å². The van der Waals surface area contributed by atoms with Crippen LogP contribution in [0.25, 0.3) is 44.0 Å². The molecule has 2 aromatic heterocycles. The first-order valence-electron chi connectivity index (χ1n) is 8.97. The molecule has 0 atom stereocenters. The number of fused-ring (bicyclic) bond motifs is 3. The molecule has 0 bridgehead atoms. The molecule has 0 radical (unpaired) electrons. The zero-order valence-electron chi connectivity index (χ0n) is 15.2. The molecule has 3 aromatic carbocycles. The summed E-state index contributed by atoms with van der Waals surface area (Å²) in [6.45, 7) is 2.09. The van der Waals surface area contributed by atoms with E-state index < -0.39 is 0 Å². The SMILES string of the molecule is COc1ccc(-c2c3ccc(C)cc3nc3nc4ccccc4cc23)cc1. The summed E-state index contributed by atoms with van der Waals surface area (Å²) in [5.41, 5.74) is 6.19. The lowest BCUT2D eigenvalue weighted by Crippen LogP contribution is -1.93. The number of aryl methyl sites for hydroxylation is 1. The molecule has 0 N–H and O–H groups in total. The molecule has 0 fully saturated rings. The van der Waals surface area contributed by atoms with Gasteiger partial charge in [0.15, 0.2) is 5.65 Å². The first-order chi connectivity index (χ1) is 13.2. The minimum atomic E-state index is 0.776. The average Bonchev–Trinajstić information content (AvgIpc) is 2.70. The van der Waals surface area contributed by atoms with Crippen LogP contribution in [0, 0.1) is 6.92 Å². The van der Waals surface area contributed by atoms with E-state index in [1.807, 2.05) is 30.3 Å². The summed E-state index contributed by atoms with van der Waals surface area (Å²) in [5.74, 6) is 0.848. The smallest absolute Gasteiger partial charge is 0.161 e. The van der Waals surface area contributed by atoms with Crippen LogP contribution in [0.1, 0.15) is 5.56 Å². The maximum Gasteiger partial charge on any atom is 0.161 e. The van der Waals surface area contributed by atoms with Crippen LogP contribution < -0.4 is 4.74 Å². The Morgan fingerprint density at radius 2 is 1.52 bits per heavy atom. The van der Waals surface area contributed by atoms with Crippen LogP contribution in [-0.4, -0.2) is 17.1 Å². The van der Waals surface area contributed by atoms with Crippen molar-refractivity contribution < 1.29 is 4.74 Å². The summed E-state index contributed by atoms with van der Waals surface area (Å²) in [4.78, 5) is 9.71. The van der Waals surface area contributed by atoms with Gasteiger partial charge in [-0.05, 0) is 48.4 Å². The number of hydrogen-bond donors (Lipinski definition) is 0. The lowest BCUT2D eigenvalue weighted by molar-refractivity contribution is 0.415. The number of hydrogen-bond acceptors (Lipinski definition) is 3. The molecule has 2 heterocycles. The summed E-state index contributed by atoms with van der Waals surface area (Å²) < 4.78 is 5.33. The second kappa shape index (κ2) is 6.06. The van der Waals surface area contributed by atoms with Crippen molar-refractivity contribution in [1.29, 1.82) is 0 Å². The van der Waals surface area contributed by atoms with E-state index in [2.05, 4.69) is 49.4 Å². The molecule has 0 saturated heterocycles. The third kappa shape index (κ3) is 2.59. The molecule has 3 heteroatoms. The van der Waals surface area contributed by atoms with E-state index in [1.54, 1.807) is 7.11 Å². The Labute approximate surface area is 157 Å². The van der Waals surface area contributed by atoms with Gasteiger partial charge in [-0.1, -0.05) is 42.5 Å². The van der Waals surface area contributed by atoms with Crippen LogP contribution in [-0.2, 0) is 0 Å². The summed E-state index contributed by atoms with van der Waals surface area (Å²) in [6, 6.07) is 25.0. The number of para-hydroxylation sites is 1. The van der Waals surface area contributed by atoms with E-state index in [0.717, 1.165) is 49.7 Å². The van der Waals surface area contributed by atoms with Gasteiger partial charge >= 0.3 is 0 Å². The summed E-state index contributed by atoms with van der Waals surface area (Å²) >= 11 is 0. The van der Waals surface area contributed by atoms with Gasteiger partial charge in [-0.2, -0.15) is 0 Å². The summed E-state index contributed by atoms with van der Waals surface area (Å²) in [5, 5.41) is 3.32. The number of aromatic nitrogens is 2. The van der Waals surface area contributed by atoms with Crippen LogP contribution in [0.3, 0.4) is 0 Å². The number of nitrogens with zero attached hydrogens (tertiary/aromatic N) is 2. The Bertz CT molecular complexity index is 1310. The van der Waals surface area contributed by atoms with Gasteiger partial charge in [-0.25, -0.2) is 9.97 Å². The van der Waals surface area contributed by atoms with Crippen molar-refractivity contribution in [2.45, 2.75) is 6.92 Å². The highest BCUT2D eigenvalue weighted by molar-refractivity contribution is 6.11. The molecule has 130 valence electrons. The van der Waals surface area contributed by atoms with Gasteiger partial charge in [0.1, 0.15) is 5.75 Å². The molecule has 0 saturated carbocycles. The van der Waals surface area contributed by atoms with Crippen molar-refractivity contribution >= 4 is 32.8 Å². The fourth-order valence-corrected chi connectivity index (χ4v) is 3.65. The van der Waals surface area contributed by atoms with Crippen LogP contribution in [0.4, 0.5) is 0 Å². The number of rotatable bonds is 2. The fraction of sp³-hybridized carbons (Fsp3) is 0.0833. The molecule has 27 heavy (non-hydrogen) atoms. The van der Waals surface area contributed by atoms with E-state index in [9.17, 15) is 0 Å². The van der Waals surface area contributed by atoms with Gasteiger partial charge in [-0.15, -0.1) is 0 Å². The van der Waals surface area contributed by atoms with Gasteiger partial charge in [0.05, 0.1) is 18.1 Å². The Balaban J connectivity index is 1.94. The van der Waals surface area contributed by atoms with E-state index in [-0.39, 0.29) is 0 Å². The molecule has 0 aliphatic heterocycles. The van der Waals surface area contributed by atoms with Crippen LogP contribution in [0.2, 0.25) is 0 Å². The Morgan fingerprint density at radius 3 is 2.33 bits per heavy atom. The van der Waals surface area contributed by atoms with Crippen LogP contribution in [0.15, 0.2) is 72.8 Å². The van der Waals surface area contributed by atoms with E-state index in [0.29, 0.717) is 0 Å². The van der Waals surface area contributed by atoms with Crippen molar-refractivity contribution in [3.63, 3.8) is 0 Å². The predicted octanol–water partition coefficient (Wildman–Crippen LogP) is 5.92. The molecule has 5 aromatic rings. The maximum absolute atomic E-state index is 5.33. The molecule has 0 aliphatic carbocycles. The van der Waals surface area contributed by atoms with Crippen molar-refractivity contribution in [2.24, 2.45) is 0 Å². The number of benzene rings is 3. The monoisotopic (exact) mass is 350 g/mol. The number of ether oxygens (including phenoxy) is 1. The number of pyridine rings is 2. The second-order valence-corrected chi connectivity index (χ2v) is 6.79. The fourth-order valence-electron chi connectivity index (χ4n) is 3.65. The van der Waals surface area contributed by atoms with Crippen molar-refractivity contribution in [3.05, 3.63) is 78.4 Å². The molecule has 5 rings (SSSR count). The Morgan fingerprint density at radius 1 is 0.741 bits per heavy atom. The quantitative estimate of drug-likeness (QED) is 0.371. The minimum absolute atomic E-state index is 0.776. The molecule has 0 unspecified atom stereocenters. The second-order valence-electron chi connectivity index (χ2n) is 6.79. The third-order valence-corrected chi connectivity index (χ3v) is 5.00. The zero-order chi connectivity index (χ0) is 18.4. The zero-order valence-corrected chi connectivity index (χ0v) is 15.2. The van der Waals surface area contributed by atoms with Gasteiger partial charge in [-0.3, -0.25) is 0 Å². The van der Waals surface area contributed by atoms with Crippen LogP contribution in [0.5, 0.6) is 5.75 Å². The van der Waals surface area contributed by atoms with E-state index >= 15 is 0 Å². The van der Waals surface area contributed by atoms with Gasteiger partial charge in [0.25, 0.3) is 0 Å². The lowest BCUT2D eigenvalue weighted by atomic mass is 9.96. The standard InChI is InChI=1S/C24H18N2O/c1-15-7-12-19-22(13-15)26-24-20(14-17-5-3-4-6-21(17)25-24)23(19)16-8-10-18(27-2)11-9-16/h3-14H,1-2H3. The van der Waals surface area contributed by atoms with Crippen molar-refractivity contribution in [3.8, 4) is 16.9 Å². The molecule has 0 aliphatic rings. The van der Waals surface area contributed by atoms with Crippen LogP contribution >= 0.6 is 0 Å². The largest absolute Gasteiger partial charge is 0.497 e. The van der Waals surface area contributed by atoms with Gasteiger partial charge in [0, 0.05) is 21.7 Å². The van der Waals surface area contributed by atoms with Gasteiger partial charge in [0.2, 0.25) is 0 Å². The molecule has 0 amide bonds. The highest BCUT2D eigenvalue weighted by Crippen LogP contribution is 2.36. The van der Waals surface area contributed by atoms with Crippen molar-refractivity contribution in [1.82, 2.24) is 9.97 Å². The molecular formula is C24H18N2O. The highest BCUT2D eigenvalue weighted by Gasteiger charge is 2.13.